The lowest BCUT2D eigenvalue weighted by atomic mass is 10.0. The van der Waals surface area contributed by atoms with Crippen LogP contribution in [-0.4, -0.2) is 41.7 Å². The van der Waals surface area contributed by atoms with E-state index in [0.717, 1.165) is 10.6 Å². The highest BCUT2D eigenvalue weighted by Crippen LogP contribution is 2.39. The van der Waals surface area contributed by atoms with E-state index in [1.807, 2.05) is 13.0 Å². The van der Waals surface area contributed by atoms with E-state index in [1.54, 1.807) is 24.3 Å². The van der Waals surface area contributed by atoms with Gasteiger partial charge >= 0.3 is 0 Å². The summed E-state index contributed by atoms with van der Waals surface area (Å²) in [6.07, 6.45) is 0.373. The van der Waals surface area contributed by atoms with E-state index in [-0.39, 0.29) is 29.9 Å². The third-order valence-corrected chi connectivity index (χ3v) is 4.49. The predicted molar refractivity (Wildman–Crippen MR) is 106 cm³/mol. The van der Waals surface area contributed by atoms with Crippen LogP contribution in [0, 0.1) is 27.5 Å². The predicted octanol–water partition coefficient (Wildman–Crippen LogP) is 3.87. The molecule has 0 atom stereocenters. The Hall–Kier alpha value is -2.81. The van der Waals surface area contributed by atoms with Crippen LogP contribution in [0.1, 0.15) is 12.0 Å². The number of nitro benzene ring substituents is 1. The molecule has 0 saturated carbocycles. The molecule has 1 aromatic heterocycles. The molecule has 0 aliphatic carbocycles. The largest absolute Gasteiger partial charge is 0.758 e. The number of hydrogen-bond acceptors (Lipinski definition) is 6. The second-order valence-corrected chi connectivity index (χ2v) is 7.11. The average Bonchev–Trinajstić information content (AvgIpc) is 2.59. The van der Waals surface area contributed by atoms with E-state index in [1.165, 1.54) is 20.2 Å². The number of fused-ring (bicyclic) bond motifs is 2. The minimum atomic E-state index is -0.495. The third kappa shape index (κ3) is 3.82. The number of non-ortho nitro benzene ring substituents is 1. The van der Waals surface area contributed by atoms with E-state index in [4.69, 9.17) is 0 Å². The number of pyridine rings is 1. The van der Waals surface area contributed by atoms with E-state index < -0.39 is 9.57 Å². The standard InChI is InChI=1S/C19H21N4O4/c1-13-9-10-16(22(25)26)17-18(13)20-15-8-5-4-7-14(15)19(17)21(24)11-6-12-23(2,3)27/h4-5,7-10H,6,11-12H2,1-3H3/q-1. The zero-order valence-corrected chi connectivity index (χ0v) is 15.5. The number of para-hydroxylation sites is 1. The van der Waals surface area contributed by atoms with Crippen LogP contribution in [0.3, 0.4) is 0 Å². The van der Waals surface area contributed by atoms with Crippen LogP contribution in [0.15, 0.2) is 36.4 Å². The van der Waals surface area contributed by atoms with Crippen molar-refractivity contribution >= 4 is 33.2 Å². The lowest BCUT2D eigenvalue weighted by molar-refractivity contribution is -0.840. The quantitative estimate of drug-likeness (QED) is 0.283. The normalized spacial score (nSPS) is 11.9. The molecule has 0 spiro atoms. The minimum absolute atomic E-state index is 0.0676. The summed E-state index contributed by atoms with van der Waals surface area (Å²) in [6, 6.07) is 10.1. The average molecular weight is 369 g/mol. The molecule has 0 bridgehead atoms. The molecule has 142 valence electrons. The van der Waals surface area contributed by atoms with Crippen molar-refractivity contribution in [2.24, 2.45) is 0 Å². The molecule has 27 heavy (non-hydrogen) atoms. The van der Waals surface area contributed by atoms with Crippen molar-refractivity contribution in [3.8, 4) is 0 Å². The van der Waals surface area contributed by atoms with Crippen molar-refractivity contribution in [3.05, 3.63) is 62.5 Å². The number of aromatic nitrogens is 1. The number of nitrogens with zero attached hydrogens (tertiary/aromatic N) is 4. The van der Waals surface area contributed by atoms with E-state index in [9.17, 15) is 20.5 Å². The summed E-state index contributed by atoms with van der Waals surface area (Å²) in [7, 11) is 3.03. The summed E-state index contributed by atoms with van der Waals surface area (Å²) < 4.78 is -0.495. The highest BCUT2D eigenvalue weighted by molar-refractivity contribution is 6.12. The van der Waals surface area contributed by atoms with Crippen LogP contribution < -0.4 is 5.06 Å². The number of rotatable bonds is 6. The van der Waals surface area contributed by atoms with Gasteiger partial charge in [-0.05, 0) is 18.6 Å². The fourth-order valence-electron chi connectivity index (χ4n) is 3.21. The number of hydroxylamine groups is 4. The van der Waals surface area contributed by atoms with Crippen molar-refractivity contribution in [3.63, 3.8) is 0 Å². The molecule has 0 aliphatic rings. The van der Waals surface area contributed by atoms with Crippen molar-refractivity contribution < 1.29 is 9.57 Å². The van der Waals surface area contributed by atoms with Gasteiger partial charge in [0.25, 0.3) is 5.69 Å². The molecule has 3 rings (SSSR count). The van der Waals surface area contributed by atoms with Gasteiger partial charge in [-0.3, -0.25) is 10.1 Å². The van der Waals surface area contributed by atoms with Gasteiger partial charge in [-0.1, -0.05) is 24.3 Å². The summed E-state index contributed by atoms with van der Waals surface area (Å²) in [5.74, 6) is 0. The molecule has 2 aromatic carbocycles. The molecular weight excluding hydrogens is 348 g/mol. The van der Waals surface area contributed by atoms with Crippen molar-refractivity contribution in [1.82, 2.24) is 4.98 Å². The monoisotopic (exact) mass is 369 g/mol. The first-order valence-corrected chi connectivity index (χ1v) is 8.64. The van der Waals surface area contributed by atoms with Gasteiger partial charge in [0.1, 0.15) is 5.39 Å². The first kappa shape index (κ1) is 19.0. The van der Waals surface area contributed by atoms with Gasteiger partial charge in [0.05, 0.1) is 42.3 Å². The van der Waals surface area contributed by atoms with Crippen molar-refractivity contribution in [1.29, 1.82) is 0 Å². The molecule has 0 N–H and O–H groups in total. The fraction of sp³-hybridized carbons (Fsp3) is 0.316. The third-order valence-electron chi connectivity index (χ3n) is 4.49. The molecule has 0 aliphatic heterocycles. The second kappa shape index (κ2) is 7.07. The zero-order valence-electron chi connectivity index (χ0n) is 15.5. The van der Waals surface area contributed by atoms with Crippen molar-refractivity contribution in [2.75, 3.05) is 32.2 Å². The number of benzene rings is 2. The zero-order chi connectivity index (χ0) is 19.8. The highest BCUT2D eigenvalue weighted by Gasteiger charge is 2.21. The van der Waals surface area contributed by atoms with Gasteiger partial charge in [0.15, 0.2) is 0 Å². The molecule has 8 nitrogen and oxygen atoms in total. The van der Waals surface area contributed by atoms with E-state index >= 15 is 0 Å². The number of nitro groups is 1. The maximum Gasteiger partial charge on any atom is 0.280 e. The van der Waals surface area contributed by atoms with E-state index in [0.29, 0.717) is 22.8 Å². The Kier molecular flexibility index (Phi) is 4.97. The van der Waals surface area contributed by atoms with Gasteiger partial charge in [-0.25, -0.2) is 4.98 Å². The molecule has 0 saturated heterocycles. The number of aryl methyl sites for hydroxylation is 1. The summed E-state index contributed by atoms with van der Waals surface area (Å²) >= 11 is 0. The molecule has 8 heteroatoms. The molecular formula is C19H21N4O4-. The Bertz CT molecular complexity index is 1010. The van der Waals surface area contributed by atoms with E-state index in [2.05, 4.69) is 4.98 Å². The molecule has 1 heterocycles. The van der Waals surface area contributed by atoms with Gasteiger partial charge in [-0.15, -0.1) is 0 Å². The van der Waals surface area contributed by atoms with Crippen LogP contribution in [0.5, 0.6) is 0 Å². The molecule has 0 amide bonds. The summed E-state index contributed by atoms with van der Waals surface area (Å²) in [5, 5.41) is 37.9. The number of hydrogen-bond donors (Lipinski definition) is 0. The van der Waals surface area contributed by atoms with Crippen LogP contribution in [-0.2, 0) is 0 Å². The molecule has 0 fully saturated rings. The first-order valence-electron chi connectivity index (χ1n) is 8.64. The van der Waals surface area contributed by atoms with Crippen LogP contribution in [0.2, 0.25) is 0 Å². The number of quaternary nitrogens is 1. The number of anilines is 1. The maximum absolute atomic E-state index is 13.0. The van der Waals surface area contributed by atoms with Gasteiger partial charge in [-0.2, -0.15) is 0 Å². The molecule has 3 aromatic rings. The Balaban J connectivity index is 2.23. The summed E-state index contributed by atoms with van der Waals surface area (Å²) in [5.41, 5.74) is 1.89. The highest BCUT2D eigenvalue weighted by atomic mass is 16.6. The van der Waals surface area contributed by atoms with Crippen LogP contribution in [0.4, 0.5) is 11.4 Å². The lowest BCUT2D eigenvalue weighted by Gasteiger charge is -2.37. The van der Waals surface area contributed by atoms with Crippen molar-refractivity contribution in [2.45, 2.75) is 13.3 Å². The Labute approximate surface area is 156 Å². The smallest absolute Gasteiger partial charge is 0.280 e. The van der Waals surface area contributed by atoms with Gasteiger partial charge < -0.3 is 20.1 Å². The maximum atomic E-state index is 13.0. The fourth-order valence-corrected chi connectivity index (χ4v) is 3.21. The lowest BCUT2D eigenvalue weighted by Crippen LogP contribution is -2.35. The second-order valence-electron chi connectivity index (χ2n) is 7.11. The summed E-state index contributed by atoms with van der Waals surface area (Å²) in [4.78, 5) is 15.7. The molecule has 0 unspecified atom stereocenters. The summed E-state index contributed by atoms with van der Waals surface area (Å²) in [6.45, 7) is 2.16. The molecule has 0 radical (unpaired) electrons. The van der Waals surface area contributed by atoms with Gasteiger partial charge in [0, 0.05) is 24.4 Å². The SMILES string of the molecule is Cc1ccc([N+](=O)[O-])c2c(N([O-])CCC[N+](C)(C)[O-])c3ccccc3nc12. The minimum Gasteiger partial charge on any atom is -0.758 e. The Morgan fingerprint density at radius 3 is 2.56 bits per heavy atom. The Morgan fingerprint density at radius 1 is 1.19 bits per heavy atom. The Morgan fingerprint density at radius 2 is 1.89 bits per heavy atom. The van der Waals surface area contributed by atoms with Crippen LogP contribution in [0.25, 0.3) is 21.8 Å². The van der Waals surface area contributed by atoms with Crippen LogP contribution >= 0.6 is 0 Å². The van der Waals surface area contributed by atoms with Gasteiger partial charge in [0.2, 0.25) is 0 Å². The first-order chi connectivity index (χ1) is 12.7. The topological polar surface area (TPSA) is 105 Å².